The molecule has 1 aromatic carbocycles. The van der Waals surface area contributed by atoms with Crippen molar-refractivity contribution in [2.45, 2.75) is 12.6 Å². The standard InChI is InChI=1S/C17H12BrF5N4OS/c18-10-7-25-15-9(10)5-8(6-24-15)26-16(28)13-11(19)1-2-12(14(13)20)27-29-4-3-17(21,22)23/h1-2,5-7,27H,3-4H2,(H,24,25)(H,26,28). The number of anilines is 2. The lowest BCUT2D eigenvalue weighted by atomic mass is 10.1. The number of hydrogen-bond acceptors (Lipinski definition) is 4. The van der Waals surface area contributed by atoms with Crippen LogP contribution in [0.3, 0.4) is 0 Å². The lowest BCUT2D eigenvalue weighted by molar-refractivity contribution is -0.129. The summed E-state index contributed by atoms with van der Waals surface area (Å²) >= 11 is 3.90. The van der Waals surface area contributed by atoms with Crippen molar-refractivity contribution in [1.82, 2.24) is 9.97 Å². The van der Waals surface area contributed by atoms with Gasteiger partial charge in [0.15, 0.2) is 5.82 Å². The molecule has 0 bridgehead atoms. The summed E-state index contributed by atoms with van der Waals surface area (Å²) in [6.45, 7) is 0. The van der Waals surface area contributed by atoms with Gasteiger partial charge in [-0.25, -0.2) is 13.8 Å². The largest absolute Gasteiger partial charge is 0.389 e. The van der Waals surface area contributed by atoms with Crippen LogP contribution in [0.15, 0.2) is 35.1 Å². The maximum atomic E-state index is 14.6. The number of carbonyl (C=O) groups is 1. The summed E-state index contributed by atoms with van der Waals surface area (Å²) in [5.41, 5.74) is -0.404. The second-order valence-electron chi connectivity index (χ2n) is 5.81. The number of halogens is 6. The molecule has 1 amide bonds. The first-order chi connectivity index (χ1) is 13.7. The average molecular weight is 495 g/mol. The Hall–Kier alpha value is -2.34. The molecule has 0 saturated carbocycles. The van der Waals surface area contributed by atoms with E-state index < -0.39 is 35.7 Å². The van der Waals surface area contributed by atoms with Gasteiger partial charge in [-0.2, -0.15) is 13.2 Å². The molecular formula is C17H12BrF5N4OS. The Labute approximate surface area is 173 Å². The van der Waals surface area contributed by atoms with Gasteiger partial charge in [-0.1, -0.05) is 11.9 Å². The summed E-state index contributed by atoms with van der Waals surface area (Å²) in [6, 6.07) is 3.42. The molecule has 154 valence electrons. The molecule has 0 atom stereocenters. The Bertz CT molecular complexity index is 1060. The van der Waals surface area contributed by atoms with Crippen LogP contribution in [-0.4, -0.2) is 27.8 Å². The first-order valence-electron chi connectivity index (χ1n) is 8.02. The minimum Gasteiger partial charge on any atom is -0.345 e. The number of nitrogens with one attached hydrogen (secondary N) is 3. The lowest BCUT2D eigenvalue weighted by Crippen LogP contribution is -2.17. The van der Waals surface area contributed by atoms with Crippen LogP contribution < -0.4 is 10.0 Å². The maximum absolute atomic E-state index is 14.6. The Balaban J connectivity index is 1.76. The Morgan fingerprint density at radius 2 is 2.03 bits per heavy atom. The fourth-order valence-electron chi connectivity index (χ4n) is 2.37. The quantitative estimate of drug-likeness (QED) is 0.227. The zero-order chi connectivity index (χ0) is 21.2. The fraction of sp³-hybridized carbons (Fsp3) is 0.176. The van der Waals surface area contributed by atoms with Crippen LogP contribution in [0.2, 0.25) is 0 Å². The van der Waals surface area contributed by atoms with Gasteiger partial charge >= 0.3 is 6.18 Å². The summed E-state index contributed by atoms with van der Waals surface area (Å²) in [5.74, 6) is -3.75. The van der Waals surface area contributed by atoms with E-state index in [0.29, 0.717) is 27.5 Å². The monoisotopic (exact) mass is 494 g/mol. The molecule has 0 fully saturated rings. The van der Waals surface area contributed by atoms with Gasteiger partial charge in [-0.15, -0.1) is 0 Å². The number of amides is 1. The lowest BCUT2D eigenvalue weighted by Gasteiger charge is -2.12. The average Bonchev–Trinajstić information content (AvgIpc) is 3.00. The van der Waals surface area contributed by atoms with Gasteiger partial charge in [0.25, 0.3) is 5.91 Å². The fourth-order valence-corrected chi connectivity index (χ4v) is 3.53. The molecule has 0 radical (unpaired) electrons. The van der Waals surface area contributed by atoms with Gasteiger partial charge in [0.1, 0.15) is 17.0 Å². The first kappa shape index (κ1) is 21.4. The number of alkyl halides is 3. The van der Waals surface area contributed by atoms with E-state index in [1.54, 1.807) is 12.3 Å². The van der Waals surface area contributed by atoms with Crippen LogP contribution >= 0.6 is 27.9 Å². The van der Waals surface area contributed by atoms with Crippen molar-refractivity contribution >= 4 is 56.2 Å². The van der Waals surface area contributed by atoms with Crippen molar-refractivity contribution in [2.24, 2.45) is 0 Å². The van der Waals surface area contributed by atoms with E-state index in [2.05, 4.69) is 35.9 Å². The summed E-state index contributed by atoms with van der Waals surface area (Å²) in [4.78, 5) is 19.4. The topological polar surface area (TPSA) is 69.8 Å². The van der Waals surface area contributed by atoms with Crippen LogP contribution in [0.4, 0.5) is 33.3 Å². The minimum absolute atomic E-state index is 0.208. The van der Waals surface area contributed by atoms with E-state index in [1.165, 1.54) is 6.20 Å². The first-order valence-corrected chi connectivity index (χ1v) is 9.80. The molecule has 3 N–H and O–H groups in total. The maximum Gasteiger partial charge on any atom is 0.389 e. The van der Waals surface area contributed by atoms with Crippen LogP contribution in [0.1, 0.15) is 16.8 Å². The number of fused-ring (bicyclic) bond motifs is 1. The molecule has 5 nitrogen and oxygen atoms in total. The molecule has 2 heterocycles. The van der Waals surface area contributed by atoms with E-state index in [1.807, 2.05) is 0 Å². The van der Waals surface area contributed by atoms with Crippen LogP contribution in [0.25, 0.3) is 11.0 Å². The van der Waals surface area contributed by atoms with E-state index >= 15 is 0 Å². The minimum atomic E-state index is -4.34. The smallest absolute Gasteiger partial charge is 0.345 e. The van der Waals surface area contributed by atoms with Crippen molar-refractivity contribution in [3.63, 3.8) is 0 Å². The van der Waals surface area contributed by atoms with Crippen molar-refractivity contribution in [1.29, 1.82) is 0 Å². The number of aromatic nitrogens is 2. The highest BCUT2D eigenvalue weighted by molar-refractivity contribution is 9.10. The molecule has 0 aliphatic rings. The molecule has 12 heteroatoms. The van der Waals surface area contributed by atoms with Gasteiger partial charge in [-0.05, 0) is 34.1 Å². The number of rotatable bonds is 6. The highest BCUT2D eigenvalue weighted by Crippen LogP contribution is 2.28. The predicted molar refractivity (Wildman–Crippen MR) is 105 cm³/mol. The molecule has 0 saturated heterocycles. The molecule has 0 aliphatic heterocycles. The van der Waals surface area contributed by atoms with Crippen LogP contribution in [0.5, 0.6) is 0 Å². The van der Waals surface area contributed by atoms with E-state index in [4.69, 9.17) is 0 Å². The predicted octanol–water partition coefficient (Wildman–Crippen LogP) is 5.87. The molecule has 3 aromatic rings. The van der Waals surface area contributed by atoms with E-state index in [9.17, 15) is 26.7 Å². The zero-order valence-electron chi connectivity index (χ0n) is 14.3. The van der Waals surface area contributed by atoms with Crippen molar-refractivity contribution in [3.8, 4) is 0 Å². The number of hydrogen-bond donors (Lipinski definition) is 3. The zero-order valence-corrected chi connectivity index (χ0v) is 16.7. The molecular weight excluding hydrogens is 483 g/mol. The Morgan fingerprint density at radius 3 is 2.76 bits per heavy atom. The molecule has 0 spiro atoms. The van der Waals surface area contributed by atoms with Gasteiger partial charge in [0.2, 0.25) is 0 Å². The number of aromatic amines is 1. The highest BCUT2D eigenvalue weighted by atomic mass is 79.9. The van der Waals surface area contributed by atoms with Crippen molar-refractivity contribution in [3.05, 3.63) is 52.3 Å². The Kier molecular flexibility index (Phi) is 6.32. The number of nitrogens with zero attached hydrogens (tertiary/aromatic N) is 1. The summed E-state index contributed by atoms with van der Waals surface area (Å²) < 4.78 is 68.2. The Morgan fingerprint density at radius 1 is 1.28 bits per heavy atom. The number of benzene rings is 1. The summed E-state index contributed by atoms with van der Waals surface area (Å²) in [6.07, 6.45) is -2.46. The van der Waals surface area contributed by atoms with Gasteiger partial charge < -0.3 is 15.0 Å². The second kappa shape index (κ2) is 8.57. The summed E-state index contributed by atoms with van der Waals surface area (Å²) in [5, 5.41) is 3.02. The second-order valence-corrected chi connectivity index (χ2v) is 7.57. The number of pyridine rings is 1. The SMILES string of the molecule is O=C(Nc1cnc2[nH]cc(Br)c2c1)c1c(F)ccc(NSCCC(F)(F)F)c1F. The van der Waals surface area contributed by atoms with E-state index in [0.717, 1.165) is 12.1 Å². The third-order valence-electron chi connectivity index (χ3n) is 3.73. The van der Waals surface area contributed by atoms with Gasteiger partial charge in [0, 0.05) is 21.8 Å². The third kappa shape index (κ3) is 5.18. The van der Waals surface area contributed by atoms with Crippen molar-refractivity contribution in [2.75, 3.05) is 15.8 Å². The van der Waals surface area contributed by atoms with Crippen molar-refractivity contribution < 1.29 is 26.7 Å². The number of carbonyl (C=O) groups excluding carboxylic acids is 1. The normalized spacial score (nSPS) is 11.7. The highest BCUT2D eigenvalue weighted by Gasteiger charge is 2.26. The van der Waals surface area contributed by atoms with Crippen LogP contribution in [-0.2, 0) is 0 Å². The van der Waals surface area contributed by atoms with Gasteiger partial charge in [0.05, 0.1) is 24.0 Å². The summed E-state index contributed by atoms with van der Waals surface area (Å²) in [7, 11) is 0. The molecule has 0 aliphatic carbocycles. The molecule has 29 heavy (non-hydrogen) atoms. The molecule has 0 unspecified atom stereocenters. The van der Waals surface area contributed by atoms with E-state index in [-0.39, 0.29) is 17.1 Å². The van der Waals surface area contributed by atoms with Crippen LogP contribution in [0, 0.1) is 11.6 Å². The number of H-pyrrole nitrogens is 1. The van der Waals surface area contributed by atoms with Gasteiger partial charge in [-0.3, -0.25) is 4.79 Å². The molecule has 3 rings (SSSR count). The third-order valence-corrected chi connectivity index (χ3v) is 5.15. The molecule has 2 aromatic heterocycles.